The van der Waals surface area contributed by atoms with Crippen molar-refractivity contribution in [3.63, 3.8) is 0 Å². The van der Waals surface area contributed by atoms with Gasteiger partial charge in [-0.25, -0.2) is 4.39 Å². The molecule has 2 fully saturated rings. The van der Waals surface area contributed by atoms with E-state index in [1.54, 1.807) is 6.08 Å². The second-order valence-electron chi connectivity index (χ2n) is 11.9. The van der Waals surface area contributed by atoms with Crippen LogP contribution in [0.5, 0.6) is 0 Å². The smallest absolute Gasteiger partial charge is 0.303 e. The zero-order chi connectivity index (χ0) is 24.3. The molecule has 33 heavy (non-hydrogen) atoms. The van der Waals surface area contributed by atoms with Crippen molar-refractivity contribution in [1.29, 1.82) is 0 Å². The van der Waals surface area contributed by atoms with Gasteiger partial charge in [0.05, 0.1) is 0 Å². The van der Waals surface area contributed by atoms with Crippen LogP contribution in [0.25, 0.3) is 0 Å². The van der Waals surface area contributed by atoms with E-state index in [4.69, 9.17) is 9.16 Å². The van der Waals surface area contributed by atoms with Gasteiger partial charge < -0.3 is 9.16 Å². The number of hydrogen-bond acceptors (Lipinski definition) is 5. The third-order valence-electron chi connectivity index (χ3n) is 8.64. The van der Waals surface area contributed by atoms with E-state index in [9.17, 15) is 14.4 Å². The van der Waals surface area contributed by atoms with Crippen molar-refractivity contribution in [1.82, 2.24) is 0 Å². The van der Waals surface area contributed by atoms with E-state index in [1.807, 2.05) is 6.08 Å². The summed E-state index contributed by atoms with van der Waals surface area (Å²) in [7, 11) is -1.95. The Morgan fingerprint density at radius 1 is 1.21 bits per heavy atom. The van der Waals surface area contributed by atoms with Gasteiger partial charge in [0.15, 0.2) is 26.5 Å². The SMILES string of the molecule is CC(=O)OCC(=O)C1=CC[C@H]2[C@@H]3C[C@H](F)C4=CC(=O)CC[C@]4(C)[C@H]3[C@@H](O[Si](C)(C)C)C[C@]12C. The zero-order valence-corrected chi connectivity index (χ0v) is 21.7. The molecule has 0 unspecified atom stereocenters. The summed E-state index contributed by atoms with van der Waals surface area (Å²) in [5, 5.41) is 0. The van der Waals surface area contributed by atoms with Crippen LogP contribution >= 0.6 is 0 Å². The van der Waals surface area contributed by atoms with Crippen LogP contribution in [0.3, 0.4) is 0 Å². The van der Waals surface area contributed by atoms with Gasteiger partial charge in [-0.2, -0.15) is 0 Å². The van der Waals surface area contributed by atoms with Crippen molar-refractivity contribution in [3.05, 3.63) is 23.3 Å². The fourth-order valence-electron chi connectivity index (χ4n) is 7.47. The maximum Gasteiger partial charge on any atom is 0.303 e. The van der Waals surface area contributed by atoms with E-state index in [1.165, 1.54) is 6.92 Å². The average molecular weight is 477 g/mol. The minimum Gasteiger partial charge on any atom is -0.457 e. The molecule has 7 atom stereocenters. The van der Waals surface area contributed by atoms with Crippen LogP contribution in [0, 0.1) is 28.6 Å². The first-order chi connectivity index (χ1) is 15.3. The minimum absolute atomic E-state index is 0.0211. The van der Waals surface area contributed by atoms with E-state index in [-0.39, 0.29) is 42.0 Å². The molecule has 0 spiro atoms. The highest BCUT2D eigenvalue weighted by Gasteiger charge is 2.63. The van der Waals surface area contributed by atoms with Crippen LogP contribution in [0.15, 0.2) is 23.3 Å². The minimum atomic E-state index is -1.95. The fraction of sp³-hybridized carbons (Fsp3) is 0.731. The van der Waals surface area contributed by atoms with Gasteiger partial charge in [-0.15, -0.1) is 0 Å². The van der Waals surface area contributed by atoms with E-state index >= 15 is 4.39 Å². The molecule has 5 nitrogen and oxygen atoms in total. The topological polar surface area (TPSA) is 69.7 Å². The van der Waals surface area contributed by atoms with Gasteiger partial charge >= 0.3 is 5.97 Å². The first-order valence-electron chi connectivity index (χ1n) is 12.2. The van der Waals surface area contributed by atoms with Crippen LogP contribution in [0.1, 0.15) is 52.9 Å². The van der Waals surface area contributed by atoms with Gasteiger partial charge in [0.2, 0.25) is 0 Å². The second-order valence-corrected chi connectivity index (χ2v) is 16.4. The maximum absolute atomic E-state index is 15.6. The Morgan fingerprint density at radius 2 is 1.91 bits per heavy atom. The van der Waals surface area contributed by atoms with Crippen LogP contribution in [-0.4, -0.2) is 44.7 Å². The van der Waals surface area contributed by atoms with Crippen molar-refractivity contribution >= 4 is 25.9 Å². The van der Waals surface area contributed by atoms with Gasteiger partial charge in [-0.1, -0.05) is 19.9 Å². The molecule has 0 N–H and O–H groups in total. The van der Waals surface area contributed by atoms with Crippen molar-refractivity contribution < 1.29 is 27.9 Å². The molecule has 0 saturated heterocycles. The molecule has 0 heterocycles. The number of ether oxygens (including phenoxy) is 1. The lowest BCUT2D eigenvalue weighted by molar-refractivity contribution is -0.146. The summed E-state index contributed by atoms with van der Waals surface area (Å²) < 4.78 is 27.4. The molecule has 7 heteroatoms. The first-order valence-corrected chi connectivity index (χ1v) is 15.6. The van der Waals surface area contributed by atoms with E-state index in [0.717, 1.165) is 6.42 Å². The Kier molecular flexibility index (Phi) is 6.14. The summed E-state index contributed by atoms with van der Waals surface area (Å²) in [5.41, 5.74) is 0.513. The summed E-state index contributed by atoms with van der Waals surface area (Å²) >= 11 is 0. The Bertz CT molecular complexity index is 933. The third-order valence-corrected chi connectivity index (χ3v) is 9.65. The zero-order valence-electron chi connectivity index (χ0n) is 20.7. The van der Waals surface area contributed by atoms with E-state index < -0.39 is 31.3 Å². The molecule has 0 amide bonds. The van der Waals surface area contributed by atoms with Gasteiger partial charge in [-0.3, -0.25) is 14.4 Å². The molecule has 4 aliphatic carbocycles. The molecule has 0 bridgehead atoms. The number of halogens is 1. The Balaban J connectivity index is 1.74. The third kappa shape index (κ3) is 4.20. The quantitative estimate of drug-likeness (QED) is 0.414. The average Bonchev–Trinajstić information content (AvgIpc) is 3.03. The molecule has 182 valence electrons. The molecule has 0 aromatic rings. The standard InChI is InChI=1S/C26H37FO5Si/c1-15(28)31-14-22(30)19-8-7-18-17-12-21(27)20-11-16(29)9-10-25(20,2)24(17)23(13-26(18,19)3)32-33(4,5)6/h8,11,17-18,21,23-24H,7,9-10,12-14H2,1-6H3/t17-,18-,21-,23-,24+,25-,26-/m0/s1. The summed E-state index contributed by atoms with van der Waals surface area (Å²) in [6.07, 6.45) is 5.19. The first kappa shape index (κ1) is 24.5. The number of esters is 1. The predicted octanol–water partition coefficient (Wildman–Crippen LogP) is 4.96. The van der Waals surface area contributed by atoms with Crippen molar-refractivity contribution in [2.75, 3.05) is 6.61 Å². The molecule has 2 saturated carbocycles. The molecule has 0 aromatic carbocycles. The number of ketones is 2. The lowest BCUT2D eigenvalue weighted by atomic mass is 9.45. The van der Waals surface area contributed by atoms with Crippen molar-refractivity contribution in [3.8, 4) is 0 Å². The number of carbonyl (C=O) groups excluding carboxylic acids is 3. The van der Waals surface area contributed by atoms with Crippen LogP contribution in [0.4, 0.5) is 4.39 Å². The second kappa shape index (κ2) is 8.26. The number of Topliss-reactive ketones (excluding diaryl/α,β-unsaturated/α-hetero) is 1. The number of rotatable bonds is 5. The predicted molar refractivity (Wildman–Crippen MR) is 126 cm³/mol. The van der Waals surface area contributed by atoms with Gasteiger partial charge in [0.25, 0.3) is 0 Å². The number of carbonyl (C=O) groups is 3. The number of alkyl halides is 1. The Labute approximate surface area is 197 Å². The fourth-order valence-corrected chi connectivity index (χ4v) is 8.61. The lowest BCUT2D eigenvalue weighted by Gasteiger charge is -2.61. The van der Waals surface area contributed by atoms with Gasteiger partial charge in [0, 0.05) is 30.4 Å². The molecular formula is C26H37FO5Si. The van der Waals surface area contributed by atoms with Crippen LogP contribution in [-0.2, 0) is 23.5 Å². The molecule has 4 rings (SSSR count). The van der Waals surface area contributed by atoms with Crippen LogP contribution in [0.2, 0.25) is 19.6 Å². The van der Waals surface area contributed by atoms with Crippen molar-refractivity contribution in [2.24, 2.45) is 28.6 Å². The van der Waals surface area contributed by atoms with Gasteiger partial charge in [0.1, 0.15) is 6.17 Å². The highest BCUT2D eigenvalue weighted by Crippen LogP contribution is 2.66. The Hall–Kier alpha value is -1.60. The maximum atomic E-state index is 15.6. The summed E-state index contributed by atoms with van der Waals surface area (Å²) in [6.45, 7) is 11.8. The van der Waals surface area contributed by atoms with E-state index in [0.29, 0.717) is 36.8 Å². The van der Waals surface area contributed by atoms with Crippen molar-refractivity contribution in [2.45, 2.75) is 84.8 Å². The lowest BCUT2D eigenvalue weighted by Crippen LogP contribution is -2.60. The molecular weight excluding hydrogens is 439 g/mol. The number of hydrogen-bond donors (Lipinski definition) is 0. The van der Waals surface area contributed by atoms with E-state index in [2.05, 4.69) is 33.5 Å². The largest absolute Gasteiger partial charge is 0.457 e. The number of allylic oxidation sites excluding steroid dienone is 3. The summed E-state index contributed by atoms with van der Waals surface area (Å²) in [5.74, 6) is -0.306. The molecule has 0 radical (unpaired) electrons. The number of fused-ring (bicyclic) bond motifs is 5. The monoisotopic (exact) mass is 476 g/mol. The highest BCUT2D eigenvalue weighted by molar-refractivity contribution is 6.69. The molecule has 4 aliphatic rings. The van der Waals surface area contributed by atoms with Gasteiger partial charge in [-0.05, 0) is 80.1 Å². The molecule has 0 aliphatic heterocycles. The molecule has 0 aromatic heterocycles. The Morgan fingerprint density at radius 3 is 2.55 bits per heavy atom. The highest BCUT2D eigenvalue weighted by atomic mass is 28.4. The normalized spacial score (nSPS) is 40.2. The van der Waals surface area contributed by atoms with Crippen LogP contribution < -0.4 is 0 Å². The summed E-state index contributed by atoms with van der Waals surface area (Å²) in [6, 6.07) is 0. The summed E-state index contributed by atoms with van der Waals surface area (Å²) in [4.78, 5) is 36.5.